The maximum Gasteiger partial charge on any atom is 0.327 e. The van der Waals surface area contributed by atoms with E-state index in [1.54, 1.807) is 6.20 Å². The predicted octanol–water partition coefficient (Wildman–Crippen LogP) is 0.253. The molecular weight excluding hydrogens is 206 g/mol. The van der Waals surface area contributed by atoms with Gasteiger partial charge in [0.25, 0.3) is 0 Å². The molecule has 2 N–H and O–H groups in total. The Morgan fingerprint density at radius 2 is 2.50 bits per heavy atom. The summed E-state index contributed by atoms with van der Waals surface area (Å²) in [6.45, 7) is 3.91. The van der Waals surface area contributed by atoms with E-state index in [1.165, 1.54) is 0 Å². The fraction of sp³-hybridized carbons (Fsp3) is 0.455. The Bertz CT molecular complexity index is 395. The Labute approximate surface area is 94.1 Å². The van der Waals surface area contributed by atoms with Gasteiger partial charge >= 0.3 is 5.97 Å². The molecule has 1 aliphatic rings. The van der Waals surface area contributed by atoms with E-state index >= 15 is 0 Å². The smallest absolute Gasteiger partial charge is 0.327 e. The maximum absolute atomic E-state index is 11.1. The second-order valence-electron chi connectivity index (χ2n) is 3.91. The lowest BCUT2D eigenvalue weighted by Crippen LogP contribution is -2.55. The van der Waals surface area contributed by atoms with Crippen LogP contribution < -0.4 is 10.2 Å². The summed E-state index contributed by atoms with van der Waals surface area (Å²) in [6, 6.07) is 3.28. The number of nitrogens with one attached hydrogen (secondary N) is 1. The molecule has 2 heterocycles. The molecule has 1 unspecified atom stereocenters. The molecule has 0 bridgehead atoms. The zero-order chi connectivity index (χ0) is 11.5. The van der Waals surface area contributed by atoms with Crippen LogP contribution in [0.4, 0.5) is 5.69 Å². The van der Waals surface area contributed by atoms with E-state index in [1.807, 2.05) is 24.0 Å². The Morgan fingerprint density at radius 1 is 1.69 bits per heavy atom. The van der Waals surface area contributed by atoms with Gasteiger partial charge in [0, 0.05) is 37.2 Å². The fourth-order valence-corrected chi connectivity index (χ4v) is 1.94. The van der Waals surface area contributed by atoms with Crippen LogP contribution in [0.15, 0.2) is 18.3 Å². The molecule has 16 heavy (non-hydrogen) atoms. The maximum atomic E-state index is 11.1. The predicted molar refractivity (Wildman–Crippen MR) is 60.6 cm³/mol. The van der Waals surface area contributed by atoms with Crippen LogP contribution in [0.1, 0.15) is 5.69 Å². The number of hydrogen-bond acceptors (Lipinski definition) is 4. The minimum Gasteiger partial charge on any atom is -0.480 e. The lowest BCUT2D eigenvalue weighted by molar-refractivity contribution is -0.138. The van der Waals surface area contributed by atoms with Gasteiger partial charge in [0.2, 0.25) is 0 Å². The second-order valence-corrected chi connectivity index (χ2v) is 3.91. The summed E-state index contributed by atoms with van der Waals surface area (Å²) >= 11 is 0. The third kappa shape index (κ3) is 2.14. The highest BCUT2D eigenvalue weighted by Crippen LogP contribution is 2.18. The molecule has 1 aliphatic heterocycles. The molecule has 0 aliphatic carbocycles. The summed E-state index contributed by atoms with van der Waals surface area (Å²) in [7, 11) is 0. The van der Waals surface area contributed by atoms with Crippen LogP contribution in [0.5, 0.6) is 0 Å². The van der Waals surface area contributed by atoms with E-state index in [2.05, 4.69) is 10.3 Å². The number of carbonyl (C=O) groups is 1. The quantitative estimate of drug-likeness (QED) is 0.749. The van der Waals surface area contributed by atoms with Crippen molar-refractivity contribution in [3.63, 3.8) is 0 Å². The van der Waals surface area contributed by atoms with Gasteiger partial charge in [-0.2, -0.15) is 0 Å². The first kappa shape index (κ1) is 10.9. The van der Waals surface area contributed by atoms with Crippen LogP contribution in [0.3, 0.4) is 0 Å². The summed E-state index contributed by atoms with van der Waals surface area (Å²) in [5, 5.41) is 12.2. The highest BCUT2D eigenvalue weighted by atomic mass is 16.4. The van der Waals surface area contributed by atoms with Crippen LogP contribution >= 0.6 is 0 Å². The highest BCUT2D eigenvalue weighted by molar-refractivity contribution is 5.78. The number of carboxylic acid groups (broad SMARTS) is 1. The van der Waals surface area contributed by atoms with E-state index in [4.69, 9.17) is 5.11 Å². The number of nitrogens with zero attached hydrogens (tertiary/aromatic N) is 2. The summed E-state index contributed by atoms with van der Waals surface area (Å²) in [4.78, 5) is 17.2. The fourth-order valence-electron chi connectivity index (χ4n) is 1.94. The Kier molecular flexibility index (Phi) is 3.05. The van der Waals surface area contributed by atoms with Gasteiger partial charge in [0.05, 0.1) is 0 Å². The molecule has 1 aromatic heterocycles. The molecule has 1 atom stereocenters. The summed E-state index contributed by atoms with van der Waals surface area (Å²) < 4.78 is 0. The molecule has 0 radical (unpaired) electrons. The van der Waals surface area contributed by atoms with Crippen molar-refractivity contribution in [1.29, 1.82) is 0 Å². The van der Waals surface area contributed by atoms with Gasteiger partial charge < -0.3 is 15.3 Å². The van der Waals surface area contributed by atoms with E-state index in [-0.39, 0.29) is 0 Å². The number of rotatable bonds is 2. The molecule has 0 amide bonds. The van der Waals surface area contributed by atoms with Crippen molar-refractivity contribution < 1.29 is 9.90 Å². The van der Waals surface area contributed by atoms with Crippen molar-refractivity contribution in [2.75, 3.05) is 24.5 Å². The van der Waals surface area contributed by atoms with Crippen LogP contribution in [-0.2, 0) is 4.79 Å². The highest BCUT2D eigenvalue weighted by Gasteiger charge is 2.28. The number of anilines is 1. The monoisotopic (exact) mass is 221 g/mol. The first-order valence-corrected chi connectivity index (χ1v) is 5.31. The van der Waals surface area contributed by atoms with Crippen molar-refractivity contribution >= 4 is 11.7 Å². The van der Waals surface area contributed by atoms with Crippen molar-refractivity contribution in [2.45, 2.75) is 13.0 Å². The average Bonchev–Trinajstić information content (AvgIpc) is 2.29. The zero-order valence-corrected chi connectivity index (χ0v) is 9.18. The molecule has 5 nitrogen and oxygen atoms in total. The normalized spacial score (nSPS) is 20.8. The minimum atomic E-state index is -0.790. The van der Waals surface area contributed by atoms with E-state index in [9.17, 15) is 4.79 Å². The van der Waals surface area contributed by atoms with Crippen molar-refractivity contribution in [3.8, 4) is 0 Å². The molecule has 1 saturated heterocycles. The number of aromatic nitrogens is 1. The van der Waals surface area contributed by atoms with Gasteiger partial charge in [-0.3, -0.25) is 4.98 Å². The summed E-state index contributed by atoms with van der Waals surface area (Å²) in [5.41, 5.74) is 1.83. The van der Waals surface area contributed by atoms with Gasteiger partial charge in [0.15, 0.2) is 0 Å². The van der Waals surface area contributed by atoms with Crippen molar-refractivity contribution in [3.05, 3.63) is 24.0 Å². The van der Waals surface area contributed by atoms with E-state index in [0.29, 0.717) is 13.1 Å². The van der Waals surface area contributed by atoms with E-state index < -0.39 is 12.0 Å². The molecule has 1 fully saturated rings. The topological polar surface area (TPSA) is 65.5 Å². The van der Waals surface area contributed by atoms with Crippen molar-refractivity contribution in [1.82, 2.24) is 10.3 Å². The summed E-state index contributed by atoms with van der Waals surface area (Å²) in [5.74, 6) is -0.790. The zero-order valence-electron chi connectivity index (χ0n) is 9.18. The number of aryl methyl sites for hydroxylation is 1. The first-order valence-electron chi connectivity index (χ1n) is 5.31. The average molecular weight is 221 g/mol. The van der Waals surface area contributed by atoms with E-state index in [0.717, 1.165) is 17.9 Å². The van der Waals surface area contributed by atoms with Crippen molar-refractivity contribution in [2.24, 2.45) is 0 Å². The molecule has 86 valence electrons. The number of pyridine rings is 1. The van der Waals surface area contributed by atoms with Gasteiger partial charge in [-0.25, -0.2) is 4.79 Å². The lowest BCUT2D eigenvalue weighted by atomic mass is 10.1. The Hall–Kier alpha value is -1.62. The van der Waals surface area contributed by atoms with Gasteiger partial charge in [-0.1, -0.05) is 0 Å². The minimum absolute atomic E-state index is 0.483. The van der Waals surface area contributed by atoms with Crippen LogP contribution in [0, 0.1) is 6.92 Å². The molecule has 0 spiro atoms. The molecule has 0 aromatic carbocycles. The molecule has 1 aromatic rings. The molecule has 5 heteroatoms. The number of aliphatic carboxylic acids is 1. The number of carboxylic acids is 1. The van der Waals surface area contributed by atoms with Crippen LogP contribution in [0.25, 0.3) is 0 Å². The number of piperazine rings is 1. The largest absolute Gasteiger partial charge is 0.480 e. The third-order valence-electron chi connectivity index (χ3n) is 2.74. The summed E-state index contributed by atoms with van der Waals surface area (Å²) in [6.07, 6.45) is 1.71. The molecule has 0 saturated carbocycles. The standard InChI is InChI=1S/C11H15N3O2/c1-8-6-9(2-3-13-8)14-5-4-12-7-10(14)11(15)16/h2-3,6,10,12H,4-5,7H2,1H3,(H,15,16). The third-order valence-corrected chi connectivity index (χ3v) is 2.74. The Morgan fingerprint density at radius 3 is 3.19 bits per heavy atom. The van der Waals surface area contributed by atoms with Crippen LogP contribution in [-0.4, -0.2) is 41.7 Å². The SMILES string of the molecule is Cc1cc(N2CCNCC2C(=O)O)ccn1. The Balaban J connectivity index is 2.26. The van der Waals surface area contributed by atoms with Gasteiger partial charge in [-0.05, 0) is 19.1 Å². The lowest BCUT2D eigenvalue weighted by Gasteiger charge is -2.35. The molecule has 2 rings (SSSR count). The van der Waals surface area contributed by atoms with Crippen LogP contribution in [0.2, 0.25) is 0 Å². The first-order chi connectivity index (χ1) is 7.68. The molecular formula is C11H15N3O2. The second kappa shape index (κ2) is 4.49. The van der Waals surface area contributed by atoms with Gasteiger partial charge in [0.1, 0.15) is 6.04 Å². The van der Waals surface area contributed by atoms with Gasteiger partial charge in [-0.15, -0.1) is 0 Å². The number of hydrogen-bond donors (Lipinski definition) is 2.